The van der Waals surface area contributed by atoms with Gasteiger partial charge in [0.15, 0.2) is 5.60 Å². The zero-order valence-corrected chi connectivity index (χ0v) is 18.5. The van der Waals surface area contributed by atoms with E-state index in [1.165, 1.54) is 4.88 Å². The normalized spacial score (nSPS) is 19.8. The van der Waals surface area contributed by atoms with Gasteiger partial charge in [-0.25, -0.2) is 0 Å². The Morgan fingerprint density at radius 1 is 1.21 bits per heavy atom. The minimum atomic E-state index is -1.07. The number of morpholine rings is 1. The lowest BCUT2D eigenvalue weighted by Crippen LogP contribution is -2.63. The summed E-state index contributed by atoms with van der Waals surface area (Å²) in [4.78, 5) is 28.9. The van der Waals surface area contributed by atoms with Gasteiger partial charge in [-0.3, -0.25) is 9.59 Å². The van der Waals surface area contributed by atoms with Gasteiger partial charge in [-0.15, -0.1) is 11.3 Å². The van der Waals surface area contributed by atoms with Gasteiger partial charge in [0.05, 0.1) is 13.2 Å². The number of ether oxygens (including phenoxy) is 1. The Kier molecular flexibility index (Phi) is 6.44. The first-order chi connectivity index (χ1) is 13.7. The molecule has 1 aliphatic rings. The van der Waals surface area contributed by atoms with Crippen molar-refractivity contribution in [1.82, 2.24) is 10.2 Å². The minimum Gasteiger partial charge on any atom is -0.361 e. The Labute approximate surface area is 177 Å². The molecule has 1 aromatic carbocycles. The van der Waals surface area contributed by atoms with Crippen molar-refractivity contribution in [2.24, 2.45) is 5.41 Å². The monoisotopic (exact) mass is 414 g/mol. The predicted octanol–water partition coefficient (Wildman–Crippen LogP) is 3.74. The van der Waals surface area contributed by atoms with Gasteiger partial charge in [0, 0.05) is 29.8 Å². The second-order valence-electron chi connectivity index (χ2n) is 8.53. The predicted molar refractivity (Wildman–Crippen MR) is 117 cm³/mol. The van der Waals surface area contributed by atoms with Crippen LogP contribution in [0.4, 0.5) is 0 Å². The van der Waals surface area contributed by atoms with Crippen LogP contribution in [0.2, 0.25) is 0 Å². The molecule has 3 rings (SSSR count). The van der Waals surface area contributed by atoms with Gasteiger partial charge < -0.3 is 15.0 Å². The van der Waals surface area contributed by atoms with Gasteiger partial charge in [0.2, 0.25) is 5.91 Å². The fourth-order valence-electron chi connectivity index (χ4n) is 3.64. The molecule has 156 valence electrons. The Morgan fingerprint density at radius 3 is 2.52 bits per heavy atom. The quantitative estimate of drug-likeness (QED) is 0.811. The highest BCUT2D eigenvalue weighted by Crippen LogP contribution is 2.29. The number of nitrogens with one attached hydrogen (secondary N) is 1. The van der Waals surface area contributed by atoms with Crippen LogP contribution in [0.15, 0.2) is 41.8 Å². The summed E-state index contributed by atoms with van der Waals surface area (Å²) < 4.78 is 6.08. The van der Waals surface area contributed by atoms with Crippen LogP contribution in [0, 0.1) is 5.41 Å². The number of thiophene rings is 1. The summed E-state index contributed by atoms with van der Waals surface area (Å²) in [5.74, 6) is -0.115. The molecular formula is C23H30N2O3S. The molecular weight excluding hydrogens is 384 g/mol. The number of hydrogen-bond acceptors (Lipinski definition) is 4. The van der Waals surface area contributed by atoms with Gasteiger partial charge >= 0.3 is 0 Å². The molecule has 6 heteroatoms. The van der Waals surface area contributed by atoms with Gasteiger partial charge in [0.1, 0.15) is 0 Å². The summed E-state index contributed by atoms with van der Waals surface area (Å²) in [5, 5.41) is 4.97. The Morgan fingerprint density at radius 2 is 1.93 bits per heavy atom. The smallest absolute Gasteiger partial charge is 0.254 e. The molecule has 1 fully saturated rings. The lowest BCUT2D eigenvalue weighted by Gasteiger charge is -2.43. The maximum atomic E-state index is 13.0. The summed E-state index contributed by atoms with van der Waals surface area (Å²) in [6.07, 6.45) is 0.428. The van der Waals surface area contributed by atoms with Crippen molar-refractivity contribution < 1.29 is 14.3 Å². The highest BCUT2D eigenvalue weighted by molar-refractivity contribution is 7.13. The Bertz CT molecular complexity index is 840. The molecule has 2 aromatic rings. The standard InChI is InChI=1S/C23H30N2O3S/c1-5-24-20(26)23(16-25(12-13-28-23)21(27)22(2,3)4)15-17-8-10-18(11-9-17)19-7-6-14-29-19/h6-11,14H,5,12-13,15-16H2,1-4H3,(H,24,26)/t23-/m1/s1. The van der Waals surface area contributed by atoms with Crippen LogP contribution in [0.1, 0.15) is 33.3 Å². The topological polar surface area (TPSA) is 58.6 Å². The van der Waals surface area contributed by atoms with Crippen molar-refractivity contribution in [1.29, 1.82) is 0 Å². The number of likely N-dealkylation sites (N-methyl/N-ethyl adjacent to an activating group) is 1. The molecule has 1 aliphatic heterocycles. The number of nitrogens with zero attached hydrogens (tertiary/aromatic N) is 1. The van der Waals surface area contributed by atoms with E-state index in [0.717, 1.165) is 11.1 Å². The first kappa shape index (κ1) is 21.5. The number of hydrogen-bond donors (Lipinski definition) is 1. The molecule has 1 aromatic heterocycles. The van der Waals surface area contributed by atoms with Crippen LogP contribution >= 0.6 is 11.3 Å². The van der Waals surface area contributed by atoms with Crippen LogP contribution in [0.25, 0.3) is 10.4 Å². The van der Waals surface area contributed by atoms with Crippen LogP contribution in [-0.4, -0.2) is 48.6 Å². The molecule has 5 nitrogen and oxygen atoms in total. The maximum Gasteiger partial charge on any atom is 0.254 e. The lowest BCUT2D eigenvalue weighted by molar-refractivity contribution is -0.169. The highest BCUT2D eigenvalue weighted by atomic mass is 32.1. The molecule has 1 saturated heterocycles. The van der Waals surface area contributed by atoms with E-state index in [0.29, 0.717) is 26.1 Å². The summed E-state index contributed by atoms with van der Waals surface area (Å²) in [7, 11) is 0. The third-order valence-electron chi connectivity index (χ3n) is 5.12. The Balaban J connectivity index is 1.85. The summed E-state index contributed by atoms with van der Waals surface area (Å²) in [5.41, 5.74) is 0.610. The molecule has 2 heterocycles. The van der Waals surface area contributed by atoms with E-state index >= 15 is 0 Å². The van der Waals surface area contributed by atoms with Crippen LogP contribution in [-0.2, 0) is 20.7 Å². The van der Waals surface area contributed by atoms with Gasteiger partial charge in [-0.05, 0) is 29.5 Å². The molecule has 2 amide bonds. The zero-order chi connectivity index (χ0) is 21.1. The zero-order valence-electron chi connectivity index (χ0n) is 17.7. The Hall–Kier alpha value is -2.18. The maximum absolute atomic E-state index is 13.0. The van der Waals surface area contributed by atoms with Crippen LogP contribution < -0.4 is 5.32 Å². The molecule has 0 aliphatic carbocycles. The van der Waals surface area contributed by atoms with Gasteiger partial charge in [-0.2, -0.15) is 0 Å². The van der Waals surface area contributed by atoms with Crippen molar-refractivity contribution in [3.05, 3.63) is 47.3 Å². The molecule has 0 saturated carbocycles. The fourth-order valence-corrected chi connectivity index (χ4v) is 4.37. The average Bonchev–Trinajstić information content (AvgIpc) is 3.22. The molecule has 0 bridgehead atoms. The second kappa shape index (κ2) is 8.67. The lowest BCUT2D eigenvalue weighted by atomic mass is 9.88. The number of amides is 2. The summed E-state index contributed by atoms with van der Waals surface area (Å²) >= 11 is 1.70. The van der Waals surface area contributed by atoms with E-state index in [-0.39, 0.29) is 18.4 Å². The van der Waals surface area contributed by atoms with E-state index in [2.05, 4.69) is 28.9 Å². The SMILES string of the molecule is CCNC(=O)[C@@]1(Cc2ccc(-c3cccs3)cc2)CN(C(=O)C(C)(C)C)CCO1. The number of benzene rings is 1. The molecule has 0 spiro atoms. The third-order valence-corrected chi connectivity index (χ3v) is 6.03. The van der Waals surface area contributed by atoms with E-state index in [1.54, 1.807) is 16.2 Å². The van der Waals surface area contributed by atoms with Crippen LogP contribution in [0.5, 0.6) is 0 Å². The van der Waals surface area contributed by atoms with E-state index < -0.39 is 11.0 Å². The molecule has 29 heavy (non-hydrogen) atoms. The highest BCUT2D eigenvalue weighted by Gasteiger charge is 2.46. The van der Waals surface area contributed by atoms with Gasteiger partial charge in [0.25, 0.3) is 5.91 Å². The van der Waals surface area contributed by atoms with Crippen molar-refractivity contribution in [3.63, 3.8) is 0 Å². The van der Waals surface area contributed by atoms with Crippen molar-refractivity contribution in [3.8, 4) is 10.4 Å². The fraction of sp³-hybridized carbons (Fsp3) is 0.478. The minimum absolute atomic E-state index is 0.0440. The van der Waals surface area contributed by atoms with Crippen molar-refractivity contribution in [2.45, 2.75) is 39.7 Å². The summed E-state index contributed by atoms with van der Waals surface area (Å²) in [6.45, 7) is 9.25. The first-order valence-electron chi connectivity index (χ1n) is 10.1. The van der Waals surface area contributed by atoms with Crippen LogP contribution in [0.3, 0.4) is 0 Å². The number of rotatable bonds is 5. The molecule has 0 unspecified atom stereocenters. The molecule has 0 radical (unpaired) electrons. The van der Waals surface area contributed by atoms with Gasteiger partial charge in [-0.1, -0.05) is 51.1 Å². The van der Waals surface area contributed by atoms with E-state index in [4.69, 9.17) is 4.74 Å². The number of carbonyl (C=O) groups excluding carboxylic acids is 2. The van der Waals surface area contributed by atoms with Crippen molar-refractivity contribution >= 4 is 23.2 Å². The number of carbonyl (C=O) groups is 2. The largest absolute Gasteiger partial charge is 0.361 e. The first-order valence-corrected chi connectivity index (χ1v) is 11.0. The third kappa shape index (κ3) is 4.87. The summed E-state index contributed by atoms with van der Waals surface area (Å²) in [6, 6.07) is 12.4. The van der Waals surface area contributed by atoms with E-state index in [1.807, 2.05) is 45.9 Å². The second-order valence-corrected chi connectivity index (χ2v) is 9.48. The van der Waals surface area contributed by atoms with Crippen molar-refractivity contribution in [2.75, 3.05) is 26.2 Å². The van der Waals surface area contributed by atoms with E-state index in [9.17, 15) is 9.59 Å². The molecule has 1 N–H and O–H groups in total. The molecule has 1 atom stereocenters. The average molecular weight is 415 g/mol.